The van der Waals surface area contributed by atoms with Crippen LogP contribution in [0.5, 0.6) is 0 Å². The first kappa shape index (κ1) is 16.5. The maximum absolute atomic E-state index is 4.88. The Balaban J connectivity index is 2.14. The molecule has 1 fully saturated rings. The molecule has 1 aromatic heterocycles. The molecule has 2 unspecified atom stereocenters. The zero-order valence-electron chi connectivity index (χ0n) is 14.8. The molecule has 0 aliphatic heterocycles. The van der Waals surface area contributed by atoms with Crippen molar-refractivity contribution in [3.63, 3.8) is 0 Å². The van der Waals surface area contributed by atoms with Crippen molar-refractivity contribution in [1.29, 1.82) is 0 Å². The van der Waals surface area contributed by atoms with Gasteiger partial charge in [-0.2, -0.15) is 5.10 Å². The van der Waals surface area contributed by atoms with Crippen LogP contribution in [0, 0.1) is 19.8 Å². The van der Waals surface area contributed by atoms with Gasteiger partial charge >= 0.3 is 0 Å². The quantitative estimate of drug-likeness (QED) is 0.883. The largest absolute Gasteiger partial charge is 0.308 e. The lowest BCUT2D eigenvalue weighted by Gasteiger charge is -2.29. The number of nitrogens with zero attached hydrogens (tertiary/aromatic N) is 2. The molecule has 0 aromatic carbocycles. The van der Waals surface area contributed by atoms with Gasteiger partial charge in [-0.1, -0.05) is 26.2 Å². The summed E-state index contributed by atoms with van der Waals surface area (Å²) in [4.78, 5) is 0. The van der Waals surface area contributed by atoms with E-state index in [0.717, 1.165) is 12.5 Å². The lowest BCUT2D eigenvalue weighted by molar-refractivity contribution is 0.244. The van der Waals surface area contributed by atoms with Gasteiger partial charge in [0, 0.05) is 23.3 Å². The summed E-state index contributed by atoms with van der Waals surface area (Å²) in [6, 6.07) is 0.616. The van der Waals surface area contributed by atoms with Crippen molar-refractivity contribution in [1.82, 2.24) is 15.1 Å². The molecule has 21 heavy (non-hydrogen) atoms. The fourth-order valence-corrected chi connectivity index (χ4v) is 3.52. The van der Waals surface area contributed by atoms with Gasteiger partial charge in [0.15, 0.2) is 0 Å². The highest BCUT2D eigenvalue weighted by atomic mass is 15.3. The van der Waals surface area contributed by atoms with Crippen LogP contribution in [0.4, 0.5) is 0 Å². The van der Waals surface area contributed by atoms with E-state index in [2.05, 4.69) is 51.5 Å². The van der Waals surface area contributed by atoms with E-state index in [1.807, 2.05) is 0 Å². The molecule has 1 aliphatic carbocycles. The van der Waals surface area contributed by atoms with Crippen LogP contribution in [0.1, 0.15) is 82.8 Å². The van der Waals surface area contributed by atoms with Gasteiger partial charge in [0.25, 0.3) is 0 Å². The van der Waals surface area contributed by atoms with Crippen molar-refractivity contribution in [2.24, 2.45) is 5.92 Å². The summed E-state index contributed by atoms with van der Waals surface area (Å²) in [6.45, 7) is 14.3. The molecule has 0 radical (unpaired) electrons. The molecule has 1 N–H and O–H groups in total. The lowest BCUT2D eigenvalue weighted by Crippen LogP contribution is -2.35. The van der Waals surface area contributed by atoms with Crippen LogP contribution >= 0.6 is 0 Å². The average molecular weight is 291 g/mol. The second-order valence-corrected chi connectivity index (χ2v) is 7.79. The smallest absolute Gasteiger partial charge is 0.0641 e. The number of nitrogens with one attached hydrogen (secondary N) is 1. The third-order valence-corrected chi connectivity index (χ3v) is 4.95. The molecule has 1 saturated carbocycles. The van der Waals surface area contributed by atoms with E-state index in [1.54, 1.807) is 0 Å². The summed E-state index contributed by atoms with van der Waals surface area (Å²) >= 11 is 0. The predicted octanol–water partition coefficient (Wildman–Crippen LogP) is 4.53. The minimum Gasteiger partial charge on any atom is -0.308 e. The van der Waals surface area contributed by atoms with Crippen LogP contribution in [-0.2, 0) is 6.54 Å². The molecule has 2 atom stereocenters. The Kier molecular flexibility index (Phi) is 5.13. The summed E-state index contributed by atoms with van der Waals surface area (Å²) in [5, 5.41) is 8.48. The maximum Gasteiger partial charge on any atom is 0.0641 e. The third kappa shape index (κ3) is 4.09. The van der Waals surface area contributed by atoms with Crippen molar-refractivity contribution in [2.75, 3.05) is 0 Å². The predicted molar refractivity (Wildman–Crippen MR) is 89.6 cm³/mol. The Hall–Kier alpha value is -0.830. The van der Waals surface area contributed by atoms with Gasteiger partial charge in [-0.3, -0.25) is 4.68 Å². The average Bonchev–Trinajstić information content (AvgIpc) is 2.71. The topological polar surface area (TPSA) is 29.9 Å². The molecule has 3 nitrogen and oxygen atoms in total. The highest BCUT2D eigenvalue weighted by molar-refractivity contribution is 5.25. The summed E-state index contributed by atoms with van der Waals surface area (Å²) in [6.07, 6.45) is 6.69. The van der Waals surface area contributed by atoms with Crippen molar-refractivity contribution in [3.8, 4) is 0 Å². The SMILES string of the molecule is CCC1CCCC(n2nc(C)c(CNC(C)(C)C)c2C)C1. The Labute approximate surface area is 130 Å². The zero-order valence-corrected chi connectivity index (χ0v) is 14.8. The normalized spacial score (nSPS) is 23.5. The minimum atomic E-state index is 0.152. The summed E-state index contributed by atoms with van der Waals surface area (Å²) in [5.41, 5.74) is 4.11. The van der Waals surface area contributed by atoms with E-state index < -0.39 is 0 Å². The molecule has 1 aromatic rings. The molecule has 0 amide bonds. The van der Waals surface area contributed by atoms with Gasteiger partial charge in [-0.15, -0.1) is 0 Å². The number of aryl methyl sites for hydroxylation is 1. The van der Waals surface area contributed by atoms with Crippen LogP contribution in [0.3, 0.4) is 0 Å². The minimum absolute atomic E-state index is 0.152. The van der Waals surface area contributed by atoms with Crippen molar-refractivity contribution in [3.05, 3.63) is 17.0 Å². The lowest BCUT2D eigenvalue weighted by atomic mass is 9.84. The summed E-state index contributed by atoms with van der Waals surface area (Å²) in [5.74, 6) is 0.892. The molecular formula is C18H33N3. The fourth-order valence-electron chi connectivity index (χ4n) is 3.52. The van der Waals surface area contributed by atoms with Gasteiger partial charge < -0.3 is 5.32 Å². The molecule has 3 heteroatoms. The third-order valence-electron chi connectivity index (χ3n) is 4.95. The van der Waals surface area contributed by atoms with Crippen molar-refractivity contribution >= 4 is 0 Å². The van der Waals surface area contributed by atoms with E-state index in [0.29, 0.717) is 6.04 Å². The first-order valence-electron chi connectivity index (χ1n) is 8.61. The van der Waals surface area contributed by atoms with Crippen LogP contribution in [-0.4, -0.2) is 15.3 Å². The molecule has 2 rings (SSSR count). The Morgan fingerprint density at radius 1 is 1.24 bits per heavy atom. The fraction of sp³-hybridized carbons (Fsp3) is 0.833. The Bertz CT molecular complexity index is 468. The first-order valence-corrected chi connectivity index (χ1v) is 8.61. The highest BCUT2D eigenvalue weighted by Crippen LogP contribution is 2.35. The van der Waals surface area contributed by atoms with Crippen molar-refractivity contribution < 1.29 is 0 Å². The van der Waals surface area contributed by atoms with Crippen LogP contribution in [0.15, 0.2) is 0 Å². The highest BCUT2D eigenvalue weighted by Gasteiger charge is 2.25. The van der Waals surface area contributed by atoms with Crippen molar-refractivity contribution in [2.45, 2.75) is 91.8 Å². The molecule has 120 valence electrons. The second-order valence-electron chi connectivity index (χ2n) is 7.79. The van der Waals surface area contributed by atoms with Gasteiger partial charge in [0.05, 0.1) is 11.7 Å². The van der Waals surface area contributed by atoms with Crippen LogP contribution in [0.25, 0.3) is 0 Å². The van der Waals surface area contributed by atoms with E-state index >= 15 is 0 Å². The molecule has 0 spiro atoms. The molecule has 1 heterocycles. The summed E-state index contributed by atoms with van der Waals surface area (Å²) in [7, 11) is 0. The van der Waals surface area contributed by atoms with Gasteiger partial charge in [-0.05, 0) is 53.4 Å². The monoisotopic (exact) mass is 291 g/mol. The number of hydrogen-bond donors (Lipinski definition) is 1. The van der Waals surface area contributed by atoms with E-state index in [1.165, 1.54) is 49.1 Å². The Morgan fingerprint density at radius 2 is 1.95 bits per heavy atom. The van der Waals surface area contributed by atoms with Gasteiger partial charge in [-0.25, -0.2) is 0 Å². The van der Waals surface area contributed by atoms with Crippen LogP contribution in [0.2, 0.25) is 0 Å². The zero-order chi connectivity index (χ0) is 15.6. The molecule has 0 bridgehead atoms. The Morgan fingerprint density at radius 3 is 2.57 bits per heavy atom. The van der Waals surface area contributed by atoms with Gasteiger partial charge in [0.2, 0.25) is 0 Å². The second kappa shape index (κ2) is 6.51. The maximum atomic E-state index is 4.88. The van der Waals surface area contributed by atoms with E-state index in [9.17, 15) is 0 Å². The van der Waals surface area contributed by atoms with Crippen LogP contribution < -0.4 is 5.32 Å². The number of rotatable bonds is 4. The van der Waals surface area contributed by atoms with E-state index in [4.69, 9.17) is 5.10 Å². The van der Waals surface area contributed by atoms with E-state index in [-0.39, 0.29) is 5.54 Å². The molecular weight excluding hydrogens is 258 g/mol. The summed E-state index contributed by atoms with van der Waals surface area (Å²) < 4.78 is 2.33. The number of hydrogen-bond acceptors (Lipinski definition) is 2. The first-order chi connectivity index (χ1) is 9.81. The van der Waals surface area contributed by atoms with Gasteiger partial charge in [0.1, 0.15) is 0 Å². The standard InChI is InChI=1S/C18H33N3/c1-7-15-9-8-10-16(11-15)21-14(3)17(13(2)20-21)12-19-18(4,5)6/h15-16,19H,7-12H2,1-6H3. The molecule has 1 aliphatic rings. The molecule has 0 saturated heterocycles. The number of aromatic nitrogens is 2.